The van der Waals surface area contributed by atoms with Gasteiger partial charge in [0.05, 0.1) is 0 Å². The van der Waals surface area contributed by atoms with E-state index in [9.17, 15) is 0 Å². The molecule has 4 aliphatic heterocycles. The highest BCUT2D eigenvalue weighted by molar-refractivity contribution is 4.88. The SMILES string of the molecule is CN1CCC(N2CCC(N3CCC(CN4CCNCC4)CC3)CC2)CC1. The van der Waals surface area contributed by atoms with Crippen molar-refractivity contribution in [2.24, 2.45) is 5.92 Å². The van der Waals surface area contributed by atoms with Crippen molar-refractivity contribution in [3.8, 4) is 0 Å². The molecule has 0 amide bonds. The minimum absolute atomic E-state index is 0.872. The molecule has 0 aromatic carbocycles. The molecule has 150 valence electrons. The van der Waals surface area contributed by atoms with Gasteiger partial charge in [0.1, 0.15) is 0 Å². The summed E-state index contributed by atoms with van der Waals surface area (Å²) >= 11 is 0. The van der Waals surface area contributed by atoms with Crippen LogP contribution < -0.4 is 5.32 Å². The van der Waals surface area contributed by atoms with Crippen molar-refractivity contribution in [2.45, 2.75) is 50.6 Å². The largest absolute Gasteiger partial charge is 0.314 e. The van der Waals surface area contributed by atoms with Gasteiger partial charge < -0.3 is 24.9 Å². The number of nitrogens with zero attached hydrogens (tertiary/aromatic N) is 4. The molecule has 4 saturated heterocycles. The van der Waals surface area contributed by atoms with Crippen molar-refractivity contribution in [1.29, 1.82) is 0 Å². The summed E-state index contributed by atoms with van der Waals surface area (Å²) in [5.41, 5.74) is 0. The molecule has 26 heavy (non-hydrogen) atoms. The van der Waals surface area contributed by atoms with Crippen LogP contribution in [0.3, 0.4) is 0 Å². The molecule has 0 aromatic rings. The average Bonchev–Trinajstić information content (AvgIpc) is 2.70. The highest BCUT2D eigenvalue weighted by Gasteiger charge is 2.31. The van der Waals surface area contributed by atoms with Crippen LogP contribution >= 0.6 is 0 Å². The standard InChI is InChI=1S/C21H41N5/c1-23-10-4-20(5-11-23)26-14-6-21(7-15-26)25-12-2-19(3-13-25)18-24-16-8-22-9-17-24/h19-22H,2-18H2,1H3. The number of nitrogens with one attached hydrogen (secondary N) is 1. The van der Waals surface area contributed by atoms with Crippen LogP contribution in [0.15, 0.2) is 0 Å². The molecule has 5 heteroatoms. The molecule has 0 atom stereocenters. The Hall–Kier alpha value is -0.200. The summed E-state index contributed by atoms with van der Waals surface area (Å²) in [6.07, 6.45) is 8.46. The molecule has 4 fully saturated rings. The van der Waals surface area contributed by atoms with E-state index in [2.05, 4.69) is 32.0 Å². The Bertz CT molecular complexity index is 401. The molecule has 0 radical (unpaired) electrons. The van der Waals surface area contributed by atoms with E-state index in [1.54, 1.807) is 0 Å². The number of hydrogen-bond acceptors (Lipinski definition) is 5. The highest BCUT2D eigenvalue weighted by atomic mass is 15.2. The van der Waals surface area contributed by atoms with Crippen LogP contribution in [0.5, 0.6) is 0 Å². The van der Waals surface area contributed by atoms with Gasteiger partial charge in [0.2, 0.25) is 0 Å². The second-order valence-corrected chi connectivity index (χ2v) is 9.33. The van der Waals surface area contributed by atoms with Crippen LogP contribution in [0.2, 0.25) is 0 Å². The van der Waals surface area contributed by atoms with Gasteiger partial charge in [-0.1, -0.05) is 0 Å². The molecular formula is C21H41N5. The molecular weight excluding hydrogens is 322 g/mol. The Kier molecular flexibility index (Phi) is 6.87. The third kappa shape index (κ3) is 4.99. The van der Waals surface area contributed by atoms with Gasteiger partial charge >= 0.3 is 0 Å². The average molecular weight is 364 g/mol. The fourth-order valence-corrected chi connectivity index (χ4v) is 5.74. The number of hydrogen-bond donors (Lipinski definition) is 1. The molecule has 0 bridgehead atoms. The Balaban J connectivity index is 1.15. The lowest BCUT2D eigenvalue weighted by Crippen LogP contribution is -2.52. The van der Waals surface area contributed by atoms with E-state index in [0.717, 1.165) is 18.0 Å². The maximum atomic E-state index is 3.48. The smallest absolute Gasteiger partial charge is 0.0120 e. The van der Waals surface area contributed by atoms with Gasteiger partial charge in [0, 0.05) is 44.8 Å². The second kappa shape index (κ2) is 9.33. The monoisotopic (exact) mass is 363 g/mol. The predicted octanol–water partition coefficient (Wildman–Crippen LogP) is 1.16. The topological polar surface area (TPSA) is 25.0 Å². The van der Waals surface area contributed by atoms with Crippen molar-refractivity contribution in [1.82, 2.24) is 24.9 Å². The molecule has 4 heterocycles. The Morgan fingerprint density at radius 2 is 1.15 bits per heavy atom. The van der Waals surface area contributed by atoms with Gasteiger partial charge in [0.15, 0.2) is 0 Å². The van der Waals surface area contributed by atoms with Crippen LogP contribution in [0.1, 0.15) is 38.5 Å². The zero-order chi connectivity index (χ0) is 17.8. The first kappa shape index (κ1) is 19.1. The summed E-state index contributed by atoms with van der Waals surface area (Å²) in [4.78, 5) is 10.9. The van der Waals surface area contributed by atoms with Gasteiger partial charge in [-0.15, -0.1) is 0 Å². The Morgan fingerprint density at radius 1 is 0.654 bits per heavy atom. The van der Waals surface area contributed by atoms with Crippen LogP contribution in [0.4, 0.5) is 0 Å². The van der Waals surface area contributed by atoms with Crippen molar-refractivity contribution in [3.63, 3.8) is 0 Å². The second-order valence-electron chi connectivity index (χ2n) is 9.33. The van der Waals surface area contributed by atoms with E-state index in [0.29, 0.717) is 0 Å². The Morgan fingerprint density at radius 3 is 1.73 bits per heavy atom. The third-order valence-corrected chi connectivity index (χ3v) is 7.60. The fourth-order valence-electron chi connectivity index (χ4n) is 5.74. The van der Waals surface area contributed by atoms with Crippen LogP contribution in [-0.4, -0.2) is 111 Å². The zero-order valence-corrected chi connectivity index (χ0v) is 17.0. The molecule has 4 rings (SSSR count). The van der Waals surface area contributed by atoms with E-state index in [1.165, 1.54) is 111 Å². The quantitative estimate of drug-likeness (QED) is 0.808. The van der Waals surface area contributed by atoms with Gasteiger partial charge in [-0.3, -0.25) is 0 Å². The number of rotatable bonds is 4. The van der Waals surface area contributed by atoms with Crippen LogP contribution in [0, 0.1) is 5.92 Å². The predicted molar refractivity (Wildman–Crippen MR) is 109 cm³/mol. The summed E-state index contributed by atoms with van der Waals surface area (Å²) in [6.45, 7) is 14.2. The fraction of sp³-hybridized carbons (Fsp3) is 1.00. The zero-order valence-electron chi connectivity index (χ0n) is 17.0. The van der Waals surface area contributed by atoms with Gasteiger partial charge in [-0.05, 0) is 90.8 Å². The van der Waals surface area contributed by atoms with E-state index in [4.69, 9.17) is 0 Å². The summed E-state index contributed by atoms with van der Waals surface area (Å²) in [5, 5.41) is 3.48. The highest BCUT2D eigenvalue weighted by Crippen LogP contribution is 2.27. The normalized spacial score (nSPS) is 30.8. The lowest BCUT2D eigenvalue weighted by Gasteiger charge is -2.45. The maximum absolute atomic E-state index is 3.48. The molecule has 0 unspecified atom stereocenters. The third-order valence-electron chi connectivity index (χ3n) is 7.60. The van der Waals surface area contributed by atoms with Crippen LogP contribution in [0.25, 0.3) is 0 Å². The van der Waals surface area contributed by atoms with E-state index in [1.807, 2.05) is 0 Å². The molecule has 1 N–H and O–H groups in total. The number of likely N-dealkylation sites (tertiary alicyclic amines) is 3. The molecule has 0 aromatic heterocycles. The van der Waals surface area contributed by atoms with Gasteiger partial charge in [-0.25, -0.2) is 0 Å². The van der Waals surface area contributed by atoms with Gasteiger partial charge in [0.25, 0.3) is 0 Å². The lowest BCUT2D eigenvalue weighted by molar-refractivity contribution is 0.0408. The number of piperazine rings is 1. The summed E-state index contributed by atoms with van der Waals surface area (Å²) < 4.78 is 0. The first-order valence-corrected chi connectivity index (χ1v) is 11.4. The maximum Gasteiger partial charge on any atom is 0.0120 e. The minimum Gasteiger partial charge on any atom is -0.314 e. The van der Waals surface area contributed by atoms with Gasteiger partial charge in [-0.2, -0.15) is 0 Å². The van der Waals surface area contributed by atoms with Crippen molar-refractivity contribution in [3.05, 3.63) is 0 Å². The van der Waals surface area contributed by atoms with Crippen molar-refractivity contribution < 1.29 is 0 Å². The van der Waals surface area contributed by atoms with Crippen molar-refractivity contribution >= 4 is 0 Å². The molecule has 0 spiro atoms. The lowest BCUT2D eigenvalue weighted by atomic mass is 9.92. The van der Waals surface area contributed by atoms with E-state index in [-0.39, 0.29) is 0 Å². The summed E-state index contributed by atoms with van der Waals surface area (Å²) in [5.74, 6) is 0.948. The van der Waals surface area contributed by atoms with E-state index >= 15 is 0 Å². The molecule has 4 aliphatic rings. The Labute approximate surface area is 161 Å². The molecule has 5 nitrogen and oxygen atoms in total. The van der Waals surface area contributed by atoms with Crippen LogP contribution in [-0.2, 0) is 0 Å². The summed E-state index contributed by atoms with van der Waals surface area (Å²) in [6, 6.07) is 1.74. The van der Waals surface area contributed by atoms with E-state index < -0.39 is 0 Å². The number of piperidine rings is 3. The van der Waals surface area contributed by atoms with Crippen molar-refractivity contribution in [2.75, 3.05) is 79.0 Å². The first-order valence-electron chi connectivity index (χ1n) is 11.4. The molecule has 0 saturated carbocycles. The molecule has 0 aliphatic carbocycles. The minimum atomic E-state index is 0.872. The first-order chi connectivity index (χ1) is 12.8. The summed E-state index contributed by atoms with van der Waals surface area (Å²) in [7, 11) is 2.27.